The van der Waals surface area contributed by atoms with Crippen molar-refractivity contribution in [2.75, 3.05) is 13.2 Å². The first-order valence-corrected chi connectivity index (χ1v) is 4.19. The number of rotatable bonds is 5. The summed E-state index contributed by atoms with van der Waals surface area (Å²) in [6.07, 6.45) is -0.132. The van der Waals surface area contributed by atoms with Gasteiger partial charge in [-0.25, -0.2) is 0 Å². The van der Waals surface area contributed by atoms with Crippen molar-refractivity contribution in [2.45, 2.75) is 26.3 Å². The number of esters is 2. The molecule has 0 aromatic carbocycles. The second kappa shape index (κ2) is 11.2. The number of carbonyl (C=O) groups excluding carboxylic acids is 2. The smallest absolute Gasteiger partial charge is 0.323 e. The van der Waals surface area contributed by atoms with E-state index in [2.05, 4.69) is 9.47 Å². The number of carbonyl (C=O) groups is 2. The molecule has 0 saturated carbocycles. The van der Waals surface area contributed by atoms with Crippen LogP contribution in [0.25, 0.3) is 0 Å². The predicted octanol–water partition coefficient (Wildman–Crippen LogP) is 0.414. The molecule has 0 aromatic heterocycles. The van der Waals surface area contributed by atoms with Gasteiger partial charge < -0.3 is 21.4 Å². The standard InChI is InChI=1S/C8H15NO4.ClH.H3N/c1-3-12-7(10)5-6(9)8(11)13-4-2;;/h6H,3-5,9H2,1-2H3;1H;1H3/t6-;;/m0../s1. The molecule has 5 N–H and O–H groups in total. The molecule has 0 amide bonds. The summed E-state index contributed by atoms with van der Waals surface area (Å²) in [4.78, 5) is 21.8. The van der Waals surface area contributed by atoms with Crippen molar-refractivity contribution < 1.29 is 19.1 Å². The van der Waals surface area contributed by atoms with E-state index in [0.717, 1.165) is 0 Å². The Balaban J connectivity index is -0.000000720. The molecule has 0 aromatic rings. The Morgan fingerprint density at radius 2 is 1.67 bits per heavy atom. The van der Waals surface area contributed by atoms with E-state index in [1.807, 2.05) is 0 Å². The molecule has 0 aliphatic heterocycles. The van der Waals surface area contributed by atoms with Gasteiger partial charge in [0, 0.05) is 0 Å². The highest BCUT2D eigenvalue weighted by molar-refractivity contribution is 5.85. The summed E-state index contributed by atoms with van der Waals surface area (Å²) in [7, 11) is 0. The Bertz CT molecular complexity index is 189. The quantitative estimate of drug-likeness (QED) is 0.675. The third-order valence-corrected chi connectivity index (χ3v) is 1.28. The van der Waals surface area contributed by atoms with Crippen LogP contribution >= 0.6 is 12.4 Å². The van der Waals surface area contributed by atoms with Crippen LogP contribution in [0.3, 0.4) is 0 Å². The minimum atomic E-state index is -0.918. The molecule has 0 aliphatic carbocycles. The minimum Gasteiger partial charge on any atom is -0.466 e. The van der Waals surface area contributed by atoms with Gasteiger partial charge in [-0.05, 0) is 13.8 Å². The molecule has 7 heteroatoms. The van der Waals surface area contributed by atoms with Gasteiger partial charge >= 0.3 is 11.9 Å². The van der Waals surface area contributed by atoms with Crippen molar-refractivity contribution >= 4 is 24.3 Å². The highest BCUT2D eigenvalue weighted by Crippen LogP contribution is 1.95. The Morgan fingerprint density at radius 1 is 1.20 bits per heavy atom. The van der Waals surface area contributed by atoms with E-state index >= 15 is 0 Å². The minimum absolute atomic E-state index is 0. The molecule has 0 bridgehead atoms. The zero-order valence-corrected chi connectivity index (χ0v) is 9.84. The molecule has 0 unspecified atom stereocenters. The molecule has 0 radical (unpaired) electrons. The Hall–Kier alpha value is -0.850. The van der Waals surface area contributed by atoms with E-state index in [1.54, 1.807) is 13.8 Å². The number of hydrogen-bond acceptors (Lipinski definition) is 6. The molecular weight excluding hydrogens is 224 g/mol. The van der Waals surface area contributed by atoms with Gasteiger partial charge in [0.25, 0.3) is 0 Å². The van der Waals surface area contributed by atoms with Crippen LogP contribution in [0.5, 0.6) is 0 Å². The van der Waals surface area contributed by atoms with Gasteiger partial charge in [0.05, 0.1) is 19.6 Å². The van der Waals surface area contributed by atoms with Gasteiger partial charge in [0.15, 0.2) is 0 Å². The maximum atomic E-state index is 10.9. The van der Waals surface area contributed by atoms with Gasteiger partial charge in [0.2, 0.25) is 0 Å². The lowest BCUT2D eigenvalue weighted by Gasteiger charge is -2.09. The molecular formula is C8H19ClN2O4. The van der Waals surface area contributed by atoms with E-state index < -0.39 is 18.0 Å². The van der Waals surface area contributed by atoms with Crippen LogP contribution in [-0.4, -0.2) is 31.2 Å². The highest BCUT2D eigenvalue weighted by atomic mass is 35.5. The van der Waals surface area contributed by atoms with Crippen LogP contribution in [0, 0.1) is 0 Å². The van der Waals surface area contributed by atoms with Crippen molar-refractivity contribution in [3.05, 3.63) is 0 Å². The lowest BCUT2D eigenvalue weighted by molar-refractivity contribution is -0.151. The van der Waals surface area contributed by atoms with E-state index in [9.17, 15) is 9.59 Å². The van der Waals surface area contributed by atoms with Gasteiger partial charge in [-0.1, -0.05) is 0 Å². The van der Waals surface area contributed by atoms with Crippen LogP contribution in [-0.2, 0) is 19.1 Å². The number of halogens is 1. The lowest BCUT2D eigenvalue weighted by atomic mass is 10.2. The maximum absolute atomic E-state index is 10.9. The molecule has 15 heavy (non-hydrogen) atoms. The summed E-state index contributed by atoms with van der Waals surface area (Å²) < 4.78 is 9.23. The summed E-state index contributed by atoms with van der Waals surface area (Å²) in [5.74, 6) is -1.06. The van der Waals surface area contributed by atoms with Crippen molar-refractivity contribution in [1.82, 2.24) is 6.15 Å². The molecule has 1 atom stereocenters. The Labute approximate surface area is 95.5 Å². The third kappa shape index (κ3) is 9.45. The van der Waals surface area contributed by atoms with Crippen LogP contribution in [0.4, 0.5) is 0 Å². The summed E-state index contributed by atoms with van der Waals surface area (Å²) in [5.41, 5.74) is 5.36. The van der Waals surface area contributed by atoms with Gasteiger partial charge in [-0.2, -0.15) is 0 Å². The molecule has 6 nitrogen and oxygen atoms in total. The average Bonchev–Trinajstić information content (AvgIpc) is 2.05. The monoisotopic (exact) mass is 242 g/mol. The Kier molecular flexibility index (Phi) is 14.7. The molecule has 0 rings (SSSR count). The van der Waals surface area contributed by atoms with Crippen molar-refractivity contribution in [2.24, 2.45) is 5.73 Å². The van der Waals surface area contributed by atoms with Gasteiger partial charge in [-0.3, -0.25) is 9.59 Å². The fraction of sp³-hybridized carbons (Fsp3) is 0.750. The molecule has 0 fully saturated rings. The van der Waals surface area contributed by atoms with Crippen molar-refractivity contribution in [1.29, 1.82) is 0 Å². The first kappa shape index (κ1) is 19.7. The van der Waals surface area contributed by atoms with Gasteiger partial charge in [0.1, 0.15) is 6.04 Å². The van der Waals surface area contributed by atoms with E-state index in [4.69, 9.17) is 5.73 Å². The molecule has 0 spiro atoms. The van der Waals surface area contributed by atoms with Crippen LogP contribution in [0.1, 0.15) is 20.3 Å². The first-order chi connectivity index (χ1) is 6.11. The van der Waals surface area contributed by atoms with Crippen LogP contribution < -0.4 is 11.9 Å². The molecule has 0 aliphatic rings. The van der Waals surface area contributed by atoms with Crippen LogP contribution in [0.15, 0.2) is 0 Å². The van der Waals surface area contributed by atoms with Crippen molar-refractivity contribution in [3.8, 4) is 0 Å². The van der Waals surface area contributed by atoms with Gasteiger partial charge in [-0.15, -0.1) is 12.4 Å². The lowest BCUT2D eigenvalue weighted by Crippen LogP contribution is -2.35. The van der Waals surface area contributed by atoms with E-state index in [-0.39, 0.29) is 38.2 Å². The zero-order valence-electron chi connectivity index (χ0n) is 9.02. The first-order valence-electron chi connectivity index (χ1n) is 4.19. The summed E-state index contributed by atoms with van der Waals surface area (Å²) in [6.45, 7) is 3.91. The topological polar surface area (TPSA) is 114 Å². The third-order valence-electron chi connectivity index (χ3n) is 1.28. The summed E-state index contributed by atoms with van der Waals surface area (Å²) in [5, 5.41) is 0. The number of ether oxygens (including phenoxy) is 2. The fourth-order valence-corrected chi connectivity index (χ4v) is 0.732. The largest absolute Gasteiger partial charge is 0.466 e. The predicted molar refractivity (Wildman–Crippen MR) is 58.1 cm³/mol. The second-order valence-electron chi connectivity index (χ2n) is 2.37. The van der Waals surface area contributed by atoms with E-state index in [1.165, 1.54) is 0 Å². The maximum Gasteiger partial charge on any atom is 0.323 e. The zero-order chi connectivity index (χ0) is 10.3. The average molecular weight is 243 g/mol. The van der Waals surface area contributed by atoms with Crippen molar-refractivity contribution in [3.63, 3.8) is 0 Å². The molecule has 0 heterocycles. The Morgan fingerprint density at radius 3 is 2.07 bits per heavy atom. The number of hydrogen-bond donors (Lipinski definition) is 2. The summed E-state index contributed by atoms with van der Waals surface area (Å²) in [6, 6.07) is -0.918. The highest BCUT2D eigenvalue weighted by Gasteiger charge is 2.18. The van der Waals surface area contributed by atoms with E-state index in [0.29, 0.717) is 0 Å². The second-order valence-corrected chi connectivity index (χ2v) is 2.37. The normalized spacial score (nSPS) is 10.3. The summed E-state index contributed by atoms with van der Waals surface area (Å²) >= 11 is 0. The molecule has 92 valence electrons. The number of nitrogens with two attached hydrogens (primary N) is 1. The molecule has 0 saturated heterocycles. The SMILES string of the molecule is CCOC(=O)C[C@H](N)C(=O)OCC.Cl.N. The van der Waals surface area contributed by atoms with Crippen LogP contribution in [0.2, 0.25) is 0 Å². The fourth-order valence-electron chi connectivity index (χ4n) is 0.732.